The predicted octanol–water partition coefficient (Wildman–Crippen LogP) is 2.72. The van der Waals surface area contributed by atoms with Gasteiger partial charge in [0.2, 0.25) is 10.0 Å². The van der Waals surface area contributed by atoms with E-state index < -0.39 is 15.8 Å². The van der Waals surface area contributed by atoms with Gasteiger partial charge in [-0.2, -0.15) is 4.31 Å². The summed E-state index contributed by atoms with van der Waals surface area (Å²) >= 11 is 0. The molecule has 2 aromatic carbocycles. The van der Waals surface area contributed by atoms with Gasteiger partial charge in [0, 0.05) is 13.1 Å². The topological polar surface area (TPSA) is 46.6 Å². The minimum absolute atomic E-state index is 0.0269. The van der Waals surface area contributed by atoms with Gasteiger partial charge in [0.25, 0.3) is 0 Å². The molecule has 1 aliphatic heterocycles. The molecule has 0 aromatic heterocycles. The zero-order valence-electron chi connectivity index (χ0n) is 12.8. The predicted molar refractivity (Wildman–Crippen MR) is 84.9 cm³/mol. The van der Waals surface area contributed by atoms with Crippen molar-refractivity contribution in [1.29, 1.82) is 0 Å². The van der Waals surface area contributed by atoms with Gasteiger partial charge in [0.05, 0.1) is 17.6 Å². The fourth-order valence-electron chi connectivity index (χ4n) is 2.48. The maximum atomic E-state index is 13.3. The van der Waals surface area contributed by atoms with Crippen LogP contribution in [-0.2, 0) is 21.4 Å². The first-order valence-corrected chi connectivity index (χ1v) is 8.82. The standard InChI is InChI=1S/C17H18FNO3S/c1-13-7-8-15(18)9-17(13)23(20,21)19-10-16(11-19)22-12-14-5-3-2-4-6-14/h2-9,16H,10-12H2,1H3. The fraction of sp³-hybridized carbons (Fsp3) is 0.294. The third kappa shape index (κ3) is 3.44. The van der Waals surface area contributed by atoms with Gasteiger partial charge in [-0.05, 0) is 30.2 Å². The van der Waals surface area contributed by atoms with Crippen molar-refractivity contribution in [2.75, 3.05) is 13.1 Å². The van der Waals surface area contributed by atoms with Crippen LogP contribution in [0.5, 0.6) is 0 Å². The van der Waals surface area contributed by atoms with Crippen molar-refractivity contribution in [3.63, 3.8) is 0 Å². The normalized spacial score (nSPS) is 16.3. The number of nitrogens with zero attached hydrogens (tertiary/aromatic N) is 1. The summed E-state index contributed by atoms with van der Waals surface area (Å²) in [6.07, 6.45) is -0.126. The van der Waals surface area contributed by atoms with Crippen LogP contribution >= 0.6 is 0 Å². The Balaban J connectivity index is 1.61. The SMILES string of the molecule is Cc1ccc(F)cc1S(=O)(=O)N1CC(OCc2ccccc2)C1. The van der Waals surface area contributed by atoms with E-state index in [2.05, 4.69) is 0 Å². The van der Waals surface area contributed by atoms with Crippen molar-refractivity contribution in [1.82, 2.24) is 4.31 Å². The van der Waals surface area contributed by atoms with Crippen molar-refractivity contribution in [2.45, 2.75) is 24.5 Å². The number of aryl methyl sites for hydroxylation is 1. The Morgan fingerprint density at radius 2 is 1.87 bits per heavy atom. The molecule has 122 valence electrons. The number of sulfonamides is 1. The van der Waals surface area contributed by atoms with Crippen LogP contribution in [0.15, 0.2) is 53.4 Å². The minimum Gasteiger partial charge on any atom is -0.371 e. The van der Waals surface area contributed by atoms with E-state index in [1.54, 1.807) is 6.92 Å². The zero-order valence-corrected chi connectivity index (χ0v) is 13.6. The lowest BCUT2D eigenvalue weighted by Gasteiger charge is -2.38. The molecule has 0 radical (unpaired) electrons. The van der Waals surface area contributed by atoms with Crippen molar-refractivity contribution in [3.05, 3.63) is 65.5 Å². The number of halogens is 1. The van der Waals surface area contributed by atoms with E-state index in [1.165, 1.54) is 16.4 Å². The summed E-state index contributed by atoms with van der Waals surface area (Å²) < 4.78 is 45.4. The number of rotatable bonds is 5. The number of ether oxygens (including phenoxy) is 1. The van der Waals surface area contributed by atoms with Crippen molar-refractivity contribution in [3.8, 4) is 0 Å². The summed E-state index contributed by atoms with van der Waals surface area (Å²) in [5.74, 6) is -0.549. The molecule has 1 heterocycles. The molecule has 0 N–H and O–H groups in total. The van der Waals surface area contributed by atoms with E-state index in [4.69, 9.17) is 4.74 Å². The molecule has 6 heteroatoms. The smallest absolute Gasteiger partial charge is 0.243 e. The van der Waals surface area contributed by atoms with E-state index >= 15 is 0 Å². The fourth-order valence-corrected chi connectivity index (χ4v) is 4.22. The van der Waals surface area contributed by atoms with Crippen LogP contribution in [0.4, 0.5) is 4.39 Å². The molecule has 0 saturated carbocycles. The molecule has 3 rings (SSSR count). The van der Waals surface area contributed by atoms with Crippen LogP contribution in [0.25, 0.3) is 0 Å². The summed E-state index contributed by atoms with van der Waals surface area (Å²) in [7, 11) is -3.66. The molecule has 0 amide bonds. The van der Waals surface area contributed by atoms with Gasteiger partial charge < -0.3 is 4.74 Å². The summed E-state index contributed by atoms with van der Waals surface area (Å²) in [6.45, 7) is 2.71. The van der Waals surface area contributed by atoms with Gasteiger partial charge in [-0.25, -0.2) is 12.8 Å². The molecule has 0 spiro atoms. The number of hydrogen-bond acceptors (Lipinski definition) is 3. The maximum Gasteiger partial charge on any atom is 0.243 e. The molecular weight excluding hydrogens is 317 g/mol. The van der Waals surface area contributed by atoms with Gasteiger partial charge in [0.15, 0.2) is 0 Å². The third-order valence-corrected chi connectivity index (χ3v) is 5.88. The molecule has 23 heavy (non-hydrogen) atoms. The average molecular weight is 335 g/mol. The Morgan fingerprint density at radius 3 is 2.57 bits per heavy atom. The highest BCUT2D eigenvalue weighted by Crippen LogP contribution is 2.26. The Labute approximate surface area is 135 Å². The summed E-state index contributed by atoms with van der Waals surface area (Å²) in [5, 5.41) is 0. The molecule has 1 fully saturated rings. The van der Waals surface area contributed by atoms with E-state index in [0.29, 0.717) is 25.3 Å². The lowest BCUT2D eigenvalue weighted by atomic mass is 10.2. The molecule has 2 aromatic rings. The Hall–Kier alpha value is -1.76. The molecule has 4 nitrogen and oxygen atoms in total. The Kier molecular flexibility index (Phi) is 4.48. The van der Waals surface area contributed by atoms with Crippen LogP contribution in [0, 0.1) is 12.7 Å². The Morgan fingerprint density at radius 1 is 1.17 bits per heavy atom. The molecular formula is C17H18FNO3S. The van der Waals surface area contributed by atoms with Crippen LogP contribution < -0.4 is 0 Å². The lowest BCUT2D eigenvalue weighted by molar-refractivity contribution is -0.0295. The number of benzene rings is 2. The van der Waals surface area contributed by atoms with Gasteiger partial charge in [-0.15, -0.1) is 0 Å². The molecule has 0 bridgehead atoms. The first-order valence-electron chi connectivity index (χ1n) is 7.38. The van der Waals surface area contributed by atoms with E-state index in [9.17, 15) is 12.8 Å². The van der Waals surface area contributed by atoms with Crippen LogP contribution in [0.1, 0.15) is 11.1 Å². The van der Waals surface area contributed by atoms with Crippen molar-refractivity contribution in [2.24, 2.45) is 0 Å². The van der Waals surface area contributed by atoms with Gasteiger partial charge in [-0.3, -0.25) is 0 Å². The Bertz CT molecular complexity index is 787. The second-order valence-electron chi connectivity index (χ2n) is 5.65. The largest absolute Gasteiger partial charge is 0.371 e. The van der Waals surface area contributed by atoms with Crippen LogP contribution in [0.3, 0.4) is 0 Å². The molecule has 0 unspecified atom stereocenters. The monoisotopic (exact) mass is 335 g/mol. The summed E-state index contributed by atoms with van der Waals surface area (Å²) in [4.78, 5) is 0.0269. The minimum atomic E-state index is -3.66. The highest BCUT2D eigenvalue weighted by molar-refractivity contribution is 7.89. The summed E-state index contributed by atoms with van der Waals surface area (Å²) in [6, 6.07) is 13.5. The molecule has 1 saturated heterocycles. The average Bonchev–Trinajstić information content (AvgIpc) is 2.49. The van der Waals surface area contributed by atoms with Crippen LogP contribution in [0.2, 0.25) is 0 Å². The van der Waals surface area contributed by atoms with Gasteiger partial charge in [0.1, 0.15) is 5.82 Å². The lowest BCUT2D eigenvalue weighted by Crippen LogP contribution is -2.54. The van der Waals surface area contributed by atoms with E-state index in [-0.39, 0.29) is 11.0 Å². The van der Waals surface area contributed by atoms with E-state index in [0.717, 1.165) is 11.6 Å². The highest BCUT2D eigenvalue weighted by Gasteiger charge is 2.38. The second-order valence-corrected chi connectivity index (χ2v) is 7.56. The van der Waals surface area contributed by atoms with Crippen LogP contribution in [-0.4, -0.2) is 31.9 Å². The summed E-state index contributed by atoms with van der Waals surface area (Å²) in [5.41, 5.74) is 1.59. The third-order valence-electron chi connectivity index (χ3n) is 3.91. The first-order chi connectivity index (χ1) is 11.0. The van der Waals surface area contributed by atoms with Crippen molar-refractivity contribution < 1.29 is 17.5 Å². The molecule has 0 atom stereocenters. The van der Waals surface area contributed by atoms with E-state index in [1.807, 2.05) is 30.3 Å². The number of hydrogen-bond donors (Lipinski definition) is 0. The molecule has 0 aliphatic carbocycles. The second kappa shape index (κ2) is 6.39. The molecule has 1 aliphatic rings. The quantitative estimate of drug-likeness (QED) is 0.844. The van der Waals surface area contributed by atoms with Gasteiger partial charge >= 0.3 is 0 Å². The van der Waals surface area contributed by atoms with Crippen molar-refractivity contribution >= 4 is 10.0 Å². The first kappa shape index (κ1) is 16.1. The maximum absolute atomic E-state index is 13.3. The highest BCUT2D eigenvalue weighted by atomic mass is 32.2. The zero-order chi connectivity index (χ0) is 16.4. The van der Waals surface area contributed by atoms with Gasteiger partial charge in [-0.1, -0.05) is 36.4 Å².